The van der Waals surface area contributed by atoms with E-state index in [1.165, 1.54) is 0 Å². The van der Waals surface area contributed by atoms with Crippen molar-refractivity contribution >= 4 is 17.6 Å². The lowest BCUT2D eigenvalue weighted by atomic mass is 10.0. The quantitative estimate of drug-likeness (QED) is 0.833. The fraction of sp³-hybridized carbons (Fsp3) is 0.304. The van der Waals surface area contributed by atoms with Crippen LogP contribution in [0, 0.1) is 0 Å². The average Bonchev–Trinajstić information content (AvgIpc) is 3.56. The van der Waals surface area contributed by atoms with Crippen molar-refractivity contribution in [1.82, 2.24) is 19.8 Å². The maximum atomic E-state index is 13.0. The van der Waals surface area contributed by atoms with Crippen molar-refractivity contribution in [2.45, 2.75) is 31.7 Å². The molecule has 0 atom stereocenters. The Morgan fingerprint density at radius 2 is 2.03 bits per heavy atom. The van der Waals surface area contributed by atoms with Crippen LogP contribution in [0.2, 0.25) is 0 Å². The van der Waals surface area contributed by atoms with E-state index in [0.29, 0.717) is 18.1 Å². The molecule has 4 heterocycles. The summed E-state index contributed by atoms with van der Waals surface area (Å²) < 4.78 is 0. The summed E-state index contributed by atoms with van der Waals surface area (Å²) in [5.74, 6) is 0.304. The lowest BCUT2D eigenvalue weighted by molar-refractivity contribution is -0.126. The topological polar surface area (TPSA) is 78.4 Å². The molecule has 0 spiro atoms. The van der Waals surface area contributed by atoms with Gasteiger partial charge in [0.15, 0.2) is 0 Å². The molecular weight excluding hydrogens is 378 g/mol. The number of hydrogen-bond donors (Lipinski definition) is 1. The minimum atomic E-state index is -0.186. The van der Waals surface area contributed by atoms with Crippen molar-refractivity contribution in [3.63, 3.8) is 0 Å². The number of rotatable bonds is 5. The molecule has 1 fully saturated rings. The molecule has 1 N–H and O–H groups in total. The van der Waals surface area contributed by atoms with E-state index in [4.69, 9.17) is 0 Å². The van der Waals surface area contributed by atoms with Crippen molar-refractivity contribution < 1.29 is 9.59 Å². The first-order valence-electron chi connectivity index (χ1n) is 10.3. The van der Waals surface area contributed by atoms with Crippen LogP contribution in [0.4, 0.5) is 5.82 Å². The van der Waals surface area contributed by atoms with E-state index in [2.05, 4.69) is 21.9 Å². The second-order valence-corrected chi connectivity index (χ2v) is 7.93. The molecule has 1 saturated carbocycles. The van der Waals surface area contributed by atoms with Crippen LogP contribution < -0.4 is 5.32 Å². The molecule has 2 aromatic heterocycles. The lowest BCUT2D eigenvalue weighted by Gasteiger charge is -2.28. The van der Waals surface area contributed by atoms with E-state index in [-0.39, 0.29) is 24.4 Å². The smallest absolute Gasteiger partial charge is 0.275 e. The third-order valence-corrected chi connectivity index (χ3v) is 5.79. The van der Waals surface area contributed by atoms with Gasteiger partial charge in [0.05, 0.1) is 6.54 Å². The number of carbonyl (C=O) groups is 2. The number of aromatic nitrogens is 2. The molecule has 1 aliphatic carbocycles. The van der Waals surface area contributed by atoms with Gasteiger partial charge >= 0.3 is 0 Å². The molecule has 3 aliphatic rings. The average molecular weight is 401 g/mol. The van der Waals surface area contributed by atoms with Crippen LogP contribution in [0.3, 0.4) is 0 Å². The zero-order valence-electron chi connectivity index (χ0n) is 16.7. The Morgan fingerprint density at radius 3 is 2.73 bits per heavy atom. The van der Waals surface area contributed by atoms with Gasteiger partial charge < -0.3 is 15.1 Å². The molecular formula is C23H23N5O2. The Balaban J connectivity index is 1.26. The number of pyridine rings is 2. The Morgan fingerprint density at radius 1 is 1.20 bits per heavy atom. The molecule has 152 valence electrons. The van der Waals surface area contributed by atoms with Crippen LogP contribution in [0.15, 0.2) is 66.4 Å². The predicted octanol–water partition coefficient (Wildman–Crippen LogP) is 2.95. The number of amides is 2. The summed E-state index contributed by atoms with van der Waals surface area (Å²) in [6, 6.07) is 7.79. The van der Waals surface area contributed by atoms with E-state index in [9.17, 15) is 9.59 Å². The second-order valence-electron chi connectivity index (χ2n) is 7.93. The van der Waals surface area contributed by atoms with Crippen LogP contribution in [0.5, 0.6) is 0 Å². The lowest BCUT2D eigenvalue weighted by Crippen LogP contribution is -2.39. The van der Waals surface area contributed by atoms with Crippen molar-refractivity contribution in [1.29, 1.82) is 0 Å². The molecule has 0 saturated heterocycles. The van der Waals surface area contributed by atoms with Crippen LogP contribution >= 0.6 is 0 Å². The maximum absolute atomic E-state index is 13.0. The molecule has 30 heavy (non-hydrogen) atoms. The van der Waals surface area contributed by atoms with Crippen LogP contribution in [0.25, 0.3) is 11.1 Å². The number of carbonyl (C=O) groups excluding carboxylic acids is 2. The van der Waals surface area contributed by atoms with Gasteiger partial charge in [0.1, 0.15) is 11.5 Å². The van der Waals surface area contributed by atoms with Gasteiger partial charge in [-0.2, -0.15) is 0 Å². The number of anilines is 1. The van der Waals surface area contributed by atoms with Gasteiger partial charge in [-0.05, 0) is 43.9 Å². The monoisotopic (exact) mass is 401 g/mol. The van der Waals surface area contributed by atoms with Crippen molar-refractivity contribution in [2.75, 3.05) is 18.4 Å². The van der Waals surface area contributed by atoms with E-state index in [0.717, 1.165) is 48.1 Å². The van der Waals surface area contributed by atoms with Gasteiger partial charge in [0.2, 0.25) is 5.91 Å². The van der Waals surface area contributed by atoms with Crippen molar-refractivity contribution in [2.24, 2.45) is 0 Å². The molecule has 0 unspecified atom stereocenters. The van der Waals surface area contributed by atoms with Crippen LogP contribution in [-0.4, -0.2) is 50.7 Å². The van der Waals surface area contributed by atoms with E-state index >= 15 is 0 Å². The SMILES string of the molecule is C=C1C2=C(C(=O)N1C1CC1)N(CC(=O)Nc1ccc(-c3cccnc3)cn1)CCC2. The van der Waals surface area contributed by atoms with Gasteiger partial charge in [-0.15, -0.1) is 0 Å². The zero-order chi connectivity index (χ0) is 20.7. The largest absolute Gasteiger partial charge is 0.357 e. The minimum Gasteiger partial charge on any atom is -0.357 e. The first-order chi connectivity index (χ1) is 14.6. The highest BCUT2D eigenvalue weighted by Gasteiger charge is 2.45. The third-order valence-electron chi connectivity index (χ3n) is 5.79. The van der Waals surface area contributed by atoms with Gasteiger partial charge in [-0.1, -0.05) is 12.6 Å². The Hall–Kier alpha value is -3.48. The molecule has 0 aromatic carbocycles. The van der Waals surface area contributed by atoms with Crippen molar-refractivity contribution in [3.05, 3.63) is 66.4 Å². The number of nitrogens with one attached hydrogen (secondary N) is 1. The summed E-state index contributed by atoms with van der Waals surface area (Å²) in [5, 5.41) is 2.84. The van der Waals surface area contributed by atoms with Gasteiger partial charge in [0, 0.05) is 53.6 Å². The molecule has 7 heteroatoms. The first-order valence-corrected chi connectivity index (χ1v) is 10.3. The van der Waals surface area contributed by atoms with Crippen LogP contribution in [0.1, 0.15) is 25.7 Å². The van der Waals surface area contributed by atoms with E-state index < -0.39 is 0 Å². The summed E-state index contributed by atoms with van der Waals surface area (Å²) >= 11 is 0. The maximum Gasteiger partial charge on any atom is 0.275 e. The predicted molar refractivity (Wildman–Crippen MR) is 113 cm³/mol. The second kappa shape index (κ2) is 7.40. The van der Waals surface area contributed by atoms with Gasteiger partial charge in [0.25, 0.3) is 5.91 Å². The molecule has 0 bridgehead atoms. The minimum absolute atomic E-state index is 0.00366. The molecule has 2 amide bonds. The third kappa shape index (κ3) is 3.36. The Kier molecular flexibility index (Phi) is 4.58. The number of nitrogens with zero attached hydrogens (tertiary/aromatic N) is 4. The summed E-state index contributed by atoms with van der Waals surface area (Å²) in [6.07, 6.45) is 9.04. The highest BCUT2D eigenvalue weighted by atomic mass is 16.2. The molecule has 7 nitrogen and oxygen atoms in total. The Bertz CT molecular complexity index is 1040. The molecule has 2 aliphatic heterocycles. The standard InChI is InChI=1S/C23H23N5O2/c1-15-19-5-3-11-27(22(19)23(30)28(15)18-7-8-18)14-21(29)26-20-9-6-17(13-25-20)16-4-2-10-24-12-16/h2,4,6,9-10,12-13,18H,1,3,5,7-8,11,14H2,(H,25,26,29). The number of allylic oxidation sites excluding steroid dienone is 1. The number of hydrogen-bond acceptors (Lipinski definition) is 5. The summed E-state index contributed by atoms with van der Waals surface area (Å²) in [7, 11) is 0. The first kappa shape index (κ1) is 18.5. The summed E-state index contributed by atoms with van der Waals surface area (Å²) in [4.78, 5) is 37.8. The summed E-state index contributed by atoms with van der Waals surface area (Å²) in [6.45, 7) is 4.97. The van der Waals surface area contributed by atoms with E-state index in [1.54, 1.807) is 24.7 Å². The molecule has 2 aromatic rings. The molecule has 5 rings (SSSR count). The van der Waals surface area contributed by atoms with Crippen molar-refractivity contribution in [3.8, 4) is 11.1 Å². The molecule has 0 radical (unpaired) electrons. The van der Waals surface area contributed by atoms with E-state index in [1.807, 2.05) is 28.0 Å². The highest BCUT2D eigenvalue weighted by Crippen LogP contribution is 2.42. The zero-order valence-corrected chi connectivity index (χ0v) is 16.7. The fourth-order valence-electron chi connectivity index (χ4n) is 4.20. The highest BCUT2D eigenvalue weighted by molar-refractivity contribution is 6.01. The Labute approximate surface area is 175 Å². The summed E-state index contributed by atoms with van der Waals surface area (Å²) in [5.41, 5.74) is 4.39. The van der Waals surface area contributed by atoms with Gasteiger partial charge in [-0.3, -0.25) is 14.6 Å². The normalized spacial score (nSPS) is 18.7. The fourth-order valence-corrected chi connectivity index (χ4v) is 4.20. The van der Waals surface area contributed by atoms with Gasteiger partial charge in [-0.25, -0.2) is 4.98 Å². The van der Waals surface area contributed by atoms with Crippen LogP contribution in [-0.2, 0) is 9.59 Å².